The fraction of sp³-hybridized carbons (Fsp3) is 0.250. The number of sulfone groups is 1. The van der Waals surface area contributed by atoms with E-state index in [0.717, 1.165) is 6.26 Å². The van der Waals surface area contributed by atoms with Gasteiger partial charge in [0, 0.05) is 18.7 Å². The summed E-state index contributed by atoms with van der Waals surface area (Å²) in [4.78, 5) is 11.9. The third-order valence-corrected chi connectivity index (χ3v) is 3.52. The molecule has 0 radical (unpaired) electrons. The number of hydrogen-bond donors (Lipinski definition) is 1. The maximum absolute atomic E-state index is 11.9. The largest absolute Gasteiger partial charge is 0.505 e. The maximum atomic E-state index is 11.9. The topological polar surface area (TPSA) is 76.4 Å². The quantitative estimate of drug-likeness (QED) is 0.845. The summed E-state index contributed by atoms with van der Waals surface area (Å²) in [5, 5.41) is 10.5. The summed E-state index contributed by atoms with van der Waals surface area (Å²) in [5.41, 5.74) is 0.716. The fourth-order valence-corrected chi connectivity index (χ4v) is 2.61. The Labute approximate surface area is 105 Å². The molecule has 0 unspecified atom stereocenters. The van der Waals surface area contributed by atoms with E-state index in [-0.39, 0.29) is 11.4 Å². The van der Waals surface area contributed by atoms with Gasteiger partial charge >= 0.3 is 0 Å². The highest BCUT2D eigenvalue weighted by molar-refractivity contribution is 7.91. The number of nitrogens with zero attached hydrogens (tertiary/aromatic N) is 1. The molecule has 2 rings (SSSR count). The molecule has 0 fully saturated rings. The third-order valence-electron chi connectivity index (χ3n) is 2.74. The van der Waals surface area contributed by atoms with E-state index < -0.39 is 21.4 Å². The van der Waals surface area contributed by atoms with E-state index in [1.54, 1.807) is 31.3 Å². The average Bonchev–Trinajstić information content (AvgIpc) is 2.50. The number of ketones is 1. The molecule has 1 heterocycles. The predicted molar refractivity (Wildman–Crippen MR) is 68.6 cm³/mol. The minimum Gasteiger partial charge on any atom is -0.505 e. The number of carbonyl (C=O) groups excluding carboxylic acids is 1. The van der Waals surface area contributed by atoms with Crippen molar-refractivity contribution in [3.8, 4) is 5.75 Å². The molecule has 6 heteroatoms. The van der Waals surface area contributed by atoms with E-state index in [1.807, 2.05) is 0 Å². The van der Waals surface area contributed by atoms with Gasteiger partial charge in [0.25, 0.3) is 0 Å². The normalized spacial score (nSPS) is 11.9. The molecular weight excluding hydrogens is 254 g/mol. The number of hydrogen-bond acceptors (Lipinski definition) is 4. The zero-order valence-electron chi connectivity index (χ0n) is 10.0. The summed E-state index contributed by atoms with van der Waals surface area (Å²) >= 11 is 0. The Morgan fingerprint density at radius 3 is 2.50 bits per heavy atom. The van der Waals surface area contributed by atoms with Gasteiger partial charge < -0.3 is 9.67 Å². The van der Waals surface area contributed by atoms with Crippen molar-refractivity contribution >= 4 is 26.5 Å². The van der Waals surface area contributed by atoms with Gasteiger partial charge in [-0.3, -0.25) is 4.79 Å². The smallest absolute Gasteiger partial charge is 0.198 e. The van der Waals surface area contributed by atoms with Crippen molar-refractivity contribution in [3.05, 3.63) is 30.0 Å². The lowest BCUT2D eigenvalue weighted by Crippen LogP contribution is -2.17. The number of carbonyl (C=O) groups is 1. The van der Waals surface area contributed by atoms with Gasteiger partial charge in [-0.25, -0.2) is 8.42 Å². The van der Waals surface area contributed by atoms with Crippen LogP contribution in [0.2, 0.25) is 0 Å². The van der Waals surface area contributed by atoms with Gasteiger partial charge in [-0.05, 0) is 12.1 Å². The SMILES string of the molecule is Cn1c(C(=O)CS(C)(=O)=O)c(O)c2ccccc21. The Morgan fingerprint density at radius 1 is 1.33 bits per heavy atom. The summed E-state index contributed by atoms with van der Waals surface area (Å²) < 4.78 is 23.8. The first-order valence-corrected chi connectivity index (χ1v) is 7.34. The highest BCUT2D eigenvalue weighted by Crippen LogP contribution is 2.31. The number of fused-ring (bicyclic) bond motifs is 1. The molecule has 0 atom stereocenters. The number of rotatable bonds is 3. The zero-order valence-corrected chi connectivity index (χ0v) is 10.9. The Balaban J connectivity index is 2.62. The second-order valence-electron chi connectivity index (χ2n) is 4.27. The van der Waals surface area contributed by atoms with Crippen molar-refractivity contribution < 1.29 is 18.3 Å². The minimum absolute atomic E-state index is 0.0293. The Morgan fingerprint density at radius 2 is 1.94 bits per heavy atom. The molecule has 0 spiro atoms. The first-order chi connectivity index (χ1) is 8.31. The van der Waals surface area contributed by atoms with Crippen LogP contribution in [0.15, 0.2) is 24.3 Å². The van der Waals surface area contributed by atoms with Crippen molar-refractivity contribution in [1.29, 1.82) is 0 Å². The van der Waals surface area contributed by atoms with Crippen LogP contribution in [0.1, 0.15) is 10.5 Å². The van der Waals surface area contributed by atoms with Gasteiger partial charge in [0.05, 0.1) is 5.52 Å². The number of aromatic hydroxyl groups is 1. The number of para-hydroxylation sites is 1. The Kier molecular flexibility index (Phi) is 2.90. The van der Waals surface area contributed by atoms with E-state index >= 15 is 0 Å². The van der Waals surface area contributed by atoms with Crippen molar-refractivity contribution in [3.63, 3.8) is 0 Å². The molecular formula is C12H13NO4S. The molecule has 5 nitrogen and oxygen atoms in total. The molecule has 0 aliphatic heterocycles. The number of aromatic nitrogens is 1. The van der Waals surface area contributed by atoms with Gasteiger partial charge in [0.2, 0.25) is 0 Å². The first-order valence-electron chi connectivity index (χ1n) is 5.28. The van der Waals surface area contributed by atoms with E-state index in [9.17, 15) is 18.3 Å². The van der Waals surface area contributed by atoms with Gasteiger partial charge in [0.1, 0.15) is 11.4 Å². The average molecular weight is 267 g/mol. The lowest BCUT2D eigenvalue weighted by atomic mass is 10.2. The molecule has 0 saturated carbocycles. The van der Waals surface area contributed by atoms with Crippen molar-refractivity contribution in [1.82, 2.24) is 4.57 Å². The third kappa shape index (κ3) is 2.11. The zero-order chi connectivity index (χ0) is 13.5. The highest BCUT2D eigenvalue weighted by atomic mass is 32.2. The van der Waals surface area contributed by atoms with E-state index in [0.29, 0.717) is 10.9 Å². The monoisotopic (exact) mass is 267 g/mol. The molecule has 0 aliphatic rings. The molecule has 1 aromatic carbocycles. The summed E-state index contributed by atoms with van der Waals surface area (Å²) in [6, 6.07) is 6.97. The number of aryl methyl sites for hydroxylation is 1. The molecule has 96 valence electrons. The molecule has 18 heavy (non-hydrogen) atoms. The molecule has 0 bridgehead atoms. The van der Waals surface area contributed by atoms with Gasteiger partial charge in [-0.1, -0.05) is 12.1 Å². The molecule has 0 saturated heterocycles. The van der Waals surface area contributed by atoms with Crippen LogP contribution in [0.5, 0.6) is 5.75 Å². The van der Waals surface area contributed by atoms with Gasteiger partial charge in [-0.15, -0.1) is 0 Å². The Hall–Kier alpha value is -1.82. The predicted octanol–water partition coefficient (Wildman–Crippen LogP) is 1.11. The molecule has 0 amide bonds. The standard InChI is InChI=1S/C12H13NO4S/c1-13-9-6-4-3-5-8(9)12(15)11(13)10(14)7-18(2,16)17/h3-6,15H,7H2,1-2H3. The van der Waals surface area contributed by atoms with Crippen LogP contribution in [-0.4, -0.2) is 35.9 Å². The summed E-state index contributed by atoms with van der Waals surface area (Å²) in [6.07, 6.45) is 0.991. The van der Waals surface area contributed by atoms with Gasteiger partial charge in [-0.2, -0.15) is 0 Å². The summed E-state index contributed by atoms with van der Waals surface area (Å²) in [5.74, 6) is -1.37. The molecule has 0 aliphatic carbocycles. The minimum atomic E-state index is -3.42. The fourth-order valence-electron chi connectivity index (χ4n) is 2.00. The summed E-state index contributed by atoms with van der Waals surface area (Å²) in [6.45, 7) is 0. The van der Waals surface area contributed by atoms with Crippen LogP contribution >= 0.6 is 0 Å². The second kappa shape index (κ2) is 4.13. The van der Waals surface area contributed by atoms with Crippen LogP contribution in [0, 0.1) is 0 Å². The lowest BCUT2D eigenvalue weighted by molar-refractivity contribution is 0.101. The number of Topliss-reactive ketones (excluding diaryl/α,β-unsaturated/α-hetero) is 1. The van der Waals surface area contributed by atoms with Crippen LogP contribution in [-0.2, 0) is 16.9 Å². The van der Waals surface area contributed by atoms with Crippen LogP contribution < -0.4 is 0 Å². The van der Waals surface area contributed by atoms with Crippen LogP contribution in [0.3, 0.4) is 0 Å². The molecule has 1 aromatic heterocycles. The van der Waals surface area contributed by atoms with Crippen LogP contribution in [0.4, 0.5) is 0 Å². The Bertz CT molecular complexity index is 689. The summed E-state index contributed by atoms with van der Waals surface area (Å²) in [7, 11) is -1.79. The lowest BCUT2D eigenvalue weighted by Gasteiger charge is -2.02. The van der Waals surface area contributed by atoms with Crippen molar-refractivity contribution in [2.75, 3.05) is 12.0 Å². The van der Waals surface area contributed by atoms with Crippen molar-refractivity contribution in [2.24, 2.45) is 7.05 Å². The van der Waals surface area contributed by atoms with Crippen molar-refractivity contribution in [2.45, 2.75) is 0 Å². The maximum Gasteiger partial charge on any atom is 0.198 e. The van der Waals surface area contributed by atoms with E-state index in [1.165, 1.54) is 4.57 Å². The van der Waals surface area contributed by atoms with E-state index in [2.05, 4.69) is 0 Å². The highest BCUT2D eigenvalue weighted by Gasteiger charge is 2.23. The molecule has 2 aromatic rings. The number of benzene rings is 1. The first kappa shape index (κ1) is 12.6. The second-order valence-corrected chi connectivity index (χ2v) is 6.41. The van der Waals surface area contributed by atoms with Gasteiger partial charge in [0.15, 0.2) is 21.4 Å². The van der Waals surface area contributed by atoms with E-state index in [4.69, 9.17) is 0 Å². The molecule has 1 N–H and O–H groups in total. The van der Waals surface area contributed by atoms with Crippen LogP contribution in [0.25, 0.3) is 10.9 Å².